The number of nitrogens with zero attached hydrogens (tertiary/aromatic N) is 1. The van der Waals surface area contributed by atoms with Crippen molar-refractivity contribution in [3.05, 3.63) is 88.4 Å². The van der Waals surface area contributed by atoms with Crippen LogP contribution in [0.25, 0.3) is 0 Å². The first kappa shape index (κ1) is 42.9. The number of benzene rings is 3. The van der Waals surface area contributed by atoms with Gasteiger partial charge >= 0.3 is 11.9 Å². The third kappa shape index (κ3) is 11.5. The third-order valence-electron chi connectivity index (χ3n) is 10.1. The van der Waals surface area contributed by atoms with Crippen LogP contribution < -0.4 is 20.1 Å². The summed E-state index contributed by atoms with van der Waals surface area (Å²) in [5.41, 5.74) is 3.59. The molecule has 3 aromatic rings. The predicted octanol–water partition coefficient (Wildman–Crippen LogP) is 4.85. The van der Waals surface area contributed by atoms with E-state index >= 15 is 0 Å². The summed E-state index contributed by atoms with van der Waals surface area (Å²) in [5.74, 6) is -2.81. The van der Waals surface area contributed by atoms with Gasteiger partial charge in [0.1, 0.15) is 29.7 Å². The van der Waals surface area contributed by atoms with E-state index in [9.17, 15) is 27.9 Å². The van der Waals surface area contributed by atoms with Crippen molar-refractivity contribution < 1.29 is 42.1 Å². The van der Waals surface area contributed by atoms with E-state index in [1.165, 1.54) is 22.4 Å². The monoisotopic (exact) mass is 843 g/mol. The molecule has 3 heterocycles. The molecule has 3 aliphatic heterocycles. The SMILES string of the molecule is CC(N[C@@H](CCc1ccc(CNS(=O)(=O)c2cc3c(cc2Cl)N[C@H](CCc2ccccc2)NS3)cc1)C(=O)OC[C@@H]1COC(C)(C)O1)C(=O)N1CCCC1C(=O)O. The van der Waals surface area contributed by atoms with Crippen molar-refractivity contribution in [2.45, 2.75) is 112 Å². The van der Waals surface area contributed by atoms with Gasteiger partial charge in [0, 0.05) is 18.0 Å². The summed E-state index contributed by atoms with van der Waals surface area (Å²) in [6.45, 7) is 5.76. The first-order valence-corrected chi connectivity index (χ1v) is 21.8. The highest BCUT2D eigenvalue weighted by Gasteiger charge is 2.38. The molecule has 14 nitrogen and oxygen atoms in total. The van der Waals surface area contributed by atoms with Crippen LogP contribution in [0, 0.1) is 0 Å². The fourth-order valence-electron chi connectivity index (χ4n) is 7.07. The molecule has 5 N–H and O–H groups in total. The summed E-state index contributed by atoms with van der Waals surface area (Å²) in [4.78, 5) is 40.5. The standard InChI is InChI=1S/C40H50ClN5O9S2/c1-25(37(47)46-19-7-10-33(46)38(48)49)43-31(39(50)53-23-29-24-54-40(2,3)55-29)17-15-27-11-13-28(14-12-27)22-42-57(51,52)35-21-34-32(20-30(35)41)44-36(45-56-34)18-16-26-8-5-4-6-9-26/h4-6,8-9,11-14,20-21,25,29,31,33,36,42-45H,7,10,15-19,22-24H2,1-3H3,(H,48,49)/t25?,29-,31+,33?,36+/m1/s1. The Bertz CT molecular complexity index is 2010. The lowest BCUT2D eigenvalue weighted by molar-refractivity contribution is -0.160. The molecule has 6 rings (SSSR count). The molecule has 2 unspecified atom stereocenters. The van der Waals surface area contributed by atoms with E-state index in [2.05, 4.69) is 32.2 Å². The van der Waals surface area contributed by atoms with Crippen LogP contribution in [0.1, 0.15) is 63.1 Å². The lowest BCUT2D eigenvalue weighted by Crippen LogP contribution is -2.53. The van der Waals surface area contributed by atoms with Gasteiger partial charge in [-0.1, -0.05) is 66.2 Å². The Morgan fingerprint density at radius 2 is 1.79 bits per heavy atom. The summed E-state index contributed by atoms with van der Waals surface area (Å²) in [6.07, 6.45) is 2.92. The quantitative estimate of drug-likeness (QED) is 0.0920. The second-order valence-corrected chi connectivity index (χ2v) is 18.0. The molecule has 2 saturated heterocycles. The van der Waals surface area contributed by atoms with Gasteiger partial charge in [0.15, 0.2) is 5.79 Å². The maximum atomic E-state index is 13.4. The zero-order chi connectivity index (χ0) is 40.7. The minimum Gasteiger partial charge on any atom is -0.480 e. The van der Waals surface area contributed by atoms with E-state index in [1.54, 1.807) is 45.0 Å². The number of carboxylic acids is 1. The third-order valence-corrected chi connectivity index (χ3v) is 13.0. The summed E-state index contributed by atoms with van der Waals surface area (Å²) >= 11 is 7.90. The van der Waals surface area contributed by atoms with Crippen molar-refractivity contribution in [3.8, 4) is 0 Å². The molecule has 57 heavy (non-hydrogen) atoms. The van der Waals surface area contributed by atoms with E-state index in [-0.39, 0.29) is 42.3 Å². The average Bonchev–Trinajstić information content (AvgIpc) is 3.83. The Labute approximate surface area is 342 Å². The second-order valence-electron chi connectivity index (χ2n) is 14.9. The number of nitrogens with one attached hydrogen (secondary N) is 4. The van der Waals surface area contributed by atoms with Crippen LogP contribution >= 0.6 is 23.5 Å². The number of sulfonamides is 1. The number of carboxylic acid groups (broad SMARTS) is 1. The van der Waals surface area contributed by atoms with Crippen LogP contribution in [0.5, 0.6) is 0 Å². The van der Waals surface area contributed by atoms with E-state index in [4.69, 9.17) is 25.8 Å². The summed E-state index contributed by atoms with van der Waals surface area (Å²) in [6, 6.07) is 18.1. The molecule has 3 aliphatic rings. The van der Waals surface area contributed by atoms with Gasteiger partial charge in [0.05, 0.1) is 29.5 Å². The number of carbonyl (C=O) groups excluding carboxylic acids is 2. The number of hydrogen-bond acceptors (Lipinski definition) is 12. The molecule has 1 amide bonds. The molecule has 0 radical (unpaired) electrons. The maximum absolute atomic E-state index is 13.4. The van der Waals surface area contributed by atoms with Crippen molar-refractivity contribution >= 4 is 57.1 Å². The van der Waals surface area contributed by atoms with Crippen molar-refractivity contribution in [1.29, 1.82) is 0 Å². The number of anilines is 1. The number of esters is 1. The lowest BCUT2D eigenvalue weighted by atomic mass is 10.0. The molecular weight excluding hydrogens is 794 g/mol. The first-order chi connectivity index (χ1) is 27.2. The molecule has 3 aromatic carbocycles. The Balaban J connectivity index is 1.03. The maximum Gasteiger partial charge on any atom is 0.326 e. The zero-order valence-corrected chi connectivity index (χ0v) is 34.6. The van der Waals surface area contributed by atoms with Crippen LogP contribution in [-0.4, -0.2) is 92.2 Å². The van der Waals surface area contributed by atoms with Crippen molar-refractivity contribution in [2.75, 3.05) is 25.1 Å². The fraction of sp³-hybridized carbons (Fsp3) is 0.475. The number of ether oxygens (including phenoxy) is 3. The van der Waals surface area contributed by atoms with Crippen molar-refractivity contribution in [3.63, 3.8) is 0 Å². The number of rotatable bonds is 17. The molecule has 0 aromatic heterocycles. The van der Waals surface area contributed by atoms with Crippen LogP contribution in [0.3, 0.4) is 0 Å². The van der Waals surface area contributed by atoms with Gasteiger partial charge in [-0.05, 0) is 100 Å². The minimum atomic E-state index is -3.97. The summed E-state index contributed by atoms with van der Waals surface area (Å²) < 4.78 is 49.8. The number of hydrogen-bond donors (Lipinski definition) is 5. The molecule has 308 valence electrons. The predicted molar refractivity (Wildman–Crippen MR) is 216 cm³/mol. The average molecular weight is 844 g/mol. The van der Waals surface area contributed by atoms with Crippen LogP contribution in [-0.2, 0) is 58.0 Å². The molecule has 17 heteroatoms. The molecule has 0 aliphatic carbocycles. The van der Waals surface area contributed by atoms with Crippen LogP contribution in [0.15, 0.2) is 76.5 Å². The minimum absolute atomic E-state index is 0.0144. The van der Waals surface area contributed by atoms with Gasteiger partial charge in [0.2, 0.25) is 15.9 Å². The Kier molecular flexibility index (Phi) is 14.2. The normalized spacial score (nSPS) is 21.3. The van der Waals surface area contributed by atoms with E-state index in [1.807, 2.05) is 30.3 Å². The molecular formula is C40H50ClN5O9S2. The van der Waals surface area contributed by atoms with Gasteiger partial charge in [-0.25, -0.2) is 22.7 Å². The van der Waals surface area contributed by atoms with Crippen molar-refractivity contribution in [2.24, 2.45) is 0 Å². The molecule has 0 saturated carbocycles. The smallest absolute Gasteiger partial charge is 0.326 e. The molecule has 0 spiro atoms. The second kappa shape index (κ2) is 18.9. The highest BCUT2D eigenvalue weighted by molar-refractivity contribution is 7.97. The zero-order valence-electron chi connectivity index (χ0n) is 32.2. The summed E-state index contributed by atoms with van der Waals surface area (Å²) in [5, 5.41) is 16.2. The number of carbonyl (C=O) groups is 3. The van der Waals surface area contributed by atoms with Gasteiger partial charge < -0.3 is 29.5 Å². The van der Waals surface area contributed by atoms with Crippen molar-refractivity contribution in [1.82, 2.24) is 19.7 Å². The van der Waals surface area contributed by atoms with Gasteiger partial charge in [-0.2, -0.15) is 0 Å². The highest BCUT2D eigenvalue weighted by atomic mass is 35.5. The van der Waals surface area contributed by atoms with Gasteiger partial charge in [-0.3, -0.25) is 14.9 Å². The molecule has 0 bridgehead atoms. The van der Waals surface area contributed by atoms with Gasteiger partial charge in [-0.15, -0.1) is 0 Å². The number of amides is 1. The van der Waals surface area contributed by atoms with Crippen LogP contribution in [0.4, 0.5) is 5.69 Å². The lowest BCUT2D eigenvalue weighted by Gasteiger charge is -2.28. The Morgan fingerprint density at radius 3 is 2.49 bits per heavy atom. The number of halogens is 1. The van der Waals surface area contributed by atoms with E-state index in [0.717, 1.165) is 29.0 Å². The topological polar surface area (TPSA) is 185 Å². The van der Waals surface area contributed by atoms with Crippen LogP contribution in [0.2, 0.25) is 5.02 Å². The molecule has 2 fully saturated rings. The largest absolute Gasteiger partial charge is 0.480 e. The fourth-order valence-corrected chi connectivity index (χ4v) is 9.56. The highest BCUT2D eigenvalue weighted by Crippen LogP contribution is 2.37. The van der Waals surface area contributed by atoms with Gasteiger partial charge in [0.25, 0.3) is 0 Å². The first-order valence-electron chi connectivity index (χ1n) is 19.1. The number of fused-ring (bicyclic) bond motifs is 1. The Hall–Kier alpha value is -3.74. The summed E-state index contributed by atoms with van der Waals surface area (Å²) in [7, 11) is -3.97. The molecule has 5 atom stereocenters. The number of likely N-dealkylation sites (tertiary alicyclic amines) is 1. The van der Waals surface area contributed by atoms with E-state index < -0.39 is 57.9 Å². The number of aryl methyl sites for hydroxylation is 2. The van der Waals surface area contributed by atoms with E-state index in [0.29, 0.717) is 31.4 Å². The Morgan fingerprint density at radius 1 is 1.07 bits per heavy atom. The number of aliphatic carboxylic acids is 1.